The number of fused-ring (bicyclic) bond motifs is 2. The molecule has 2 aromatic rings. The van der Waals surface area contributed by atoms with Crippen LogP contribution in [0.4, 0.5) is 5.95 Å². The molecule has 0 amide bonds. The van der Waals surface area contributed by atoms with Crippen molar-refractivity contribution in [3.05, 3.63) is 6.33 Å². The van der Waals surface area contributed by atoms with E-state index in [1.54, 1.807) is 27.7 Å². The van der Waals surface area contributed by atoms with Crippen molar-refractivity contribution in [2.45, 2.75) is 65.6 Å². The van der Waals surface area contributed by atoms with Crippen LogP contribution in [0.2, 0.25) is 0 Å². The Hall–Kier alpha value is -2.82. The first kappa shape index (κ1) is 32.1. The normalized spacial score (nSPS) is 27.4. The first-order valence-corrected chi connectivity index (χ1v) is 15.5. The number of esters is 2. The van der Waals surface area contributed by atoms with Crippen LogP contribution in [0, 0.1) is 5.41 Å². The minimum atomic E-state index is -4.17. The molecule has 4 heterocycles. The van der Waals surface area contributed by atoms with Gasteiger partial charge in [0, 0.05) is 19.6 Å². The zero-order valence-electron chi connectivity index (χ0n) is 24.1. The molecule has 0 saturated carbocycles. The second-order valence-electron chi connectivity index (χ2n) is 10.4. The molecule has 16 nitrogen and oxygen atoms in total. The molecule has 2 saturated heterocycles. The topological polar surface area (TPSA) is 203 Å². The summed E-state index contributed by atoms with van der Waals surface area (Å²) in [6.45, 7) is 9.01. The maximum atomic E-state index is 13.4. The number of thioether (sulfide) groups is 1. The number of ether oxygens (including phenoxy) is 4. The van der Waals surface area contributed by atoms with Crippen molar-refractivity contribution in [2.24, 2.45) is 5.41 Å². The lowest BCUT2D eigenvalue weighted by Gasteiger charge is -2.37. The van der Waals surface area contributed by atoms with E-state index >= 15 is 0 Å². The fraction of sp³-hybridized carbons (Fsp3) is 0.667. The molecule has 0 spiro atoms. The van der Waals surface area contributed by atoms with Gasteiger partial charge in [0.2, 0.25) is 11.8 Å². The summed E-state index contributed by atoms with van der Waals surface area (Å²) in [5.41, 5.74) is 4.00. The number of hydrogen-bond acceptors (Lipinski definition) is 16. The minimum Gasteiger partial charge on any atom is -0.476 e. The molecule has 42 heavy (non-hydrogen) atoms. The maximum absolute atomic E-state index is 13.4. The number of phosphoric acid groups is 1. The number of imidazole rings is 1. The predicted molar refractivity (Wildman–Crippen MR) is 147 cm³/mol. The lowest BCUT2D eigenvalue weighted by molar-refractivity contribution is -0.175. The molecular formula is C24H34N5O11PS. The third-order valence-corrected chi connectivity index (χ3v) is 9.03. The number of nitrogen functional groups attached to an aromatic ring is 1. The van der Waals surface area contributed by atoms with E-state index in [0.717, 1.165) is 11.8 Å². The molecule has 2 aliphatic heterocycles. The molecule has 0 bridgehead atoms. The summed E-state index contributed by atoms with van der Waals surface area (Å²) in [7, 11) is -4.17. The van der Waals surface area contributed by atoms with Crippen LogP contribution in [-0.4, -0.2) is 86.6 Å². The zero-order valence-corrected chi connectivity index (χ0v) is 25.8. The SMILES string of the molecule is CCOc1nc(N)nc2c1ncn2[C@@H]1O[C@@H]2CO[P@](=O)(OCCSC(=O)C(C)(C)COC(C)=O)O[C@H]2[C@@]1(C)OC(C)=O. The molecular weight excluding hydrogens is 597 g/mol. The molecule has 2 aliphatic rings. The summed E-state index contributed by atoms with van der Waals surface area (Å²) in [5, 5.41) is -0.241. The molecule has 232 valence electrons. The van der Waals surface area contributed by atoms with Crippen LogP contribution in [0.1, 0.15) is 47.8 Å². The molecule has 2 fully saturated rings. The van der Waals surface area contributed by atoms with Crippen LogP contribution >= 0.6 is 19.6 Å². The highest BCUT2D eigenvalue weighted by atomic mass is 32.2. The minimum absolute atomic E-state index is 0.0686. The van der Waals surface area contributed by atoms with E-state index in [0.29, 0.717) is 12.1 Å². The number of nitrogens with two attached hydrogens (primary N) is 1. The van der Waals surface area contributed by atoms with Gasteiger partial charge in [-0.2, -0.15) is 9.97 Å². The van der Waals surface area contributed by atoms with Crippen molar-refractivity contribution in [2.75, 3.05) is 37.9 Å². The number of hydrogen-bond donors (Lipinski definition) is 1. The summed E-state index contributed by atoms with van der Waals surface area (Å²) < 4.78 is 54.1. The van der Waals surface area contributed by atoms with Crippen LogP contribution in [-0.2, 0) is 46.7 Å². The summed E-state index contributed by atoms with van der Waals surface area (Å²) in [6, 6.07) is 0. The van der Waals surface area contributed by atoms with Gasteiger partial charge in [-0.25, -0.2) is 9.55 Å². The van der Waals surface area contributed by atoms with Gasteiger partial charge >= 0.3 is 19.8 Å². The lowest BCUT2D eigenvalue weighted by atomic mass is 9.96. The Balaban J connectivity index is 1.49. The molecule has 0 radical (unpaired) electrons. The Kier molecular flexibility index (Phi) is 9.50. The highest BCUT2D eigenvalue weighted by Gasteiger charge is 2.63. The number of aromatic nitrogens is 4. The highest BCUT2D eigenvalue weighted by molar-refractivity contribution is 8.13. The molecule has 0 unspecified atom stereocenters. The number of carbonyl (C=O) groups excluding carboxylic acids is 3. The average Bonchev–Trinajstić information content (AvgIpc) is 3.43. The van der Waals surface area contributed by atoms with Gasteiger partial charge in [0.25, 0.3) is 0 Å². The van der Waals surface area contributed by atoms with Crippen molar-refractivity contribution in [1.82, 2.24) is 19.5 Å². The molecule has 18 heteroatoms. The van der Waals surface area contributed by atoms with Gasteiger partial charge < -0.3 is 24.7 Å². The highest BCUT2D eigenvalue weighted by Crippen LogP contribution is 2.59. The smallest absolute Gasteiger partial charge is 0.475 e. The Morgan fingerprint density at radius 2 is 2.00 bits per heavy atom. The van der Waals surface area contributed by atoms with E-state index in [1.165, 1.54) is 24.7 Å². The van der Waals surface area contributed by atoms with E-state index in [9.17, 15) is 18.9 Å². The van der Waals surface area contributed by atoms with Crippen LogP contribution in [0.5, 0.6) is 5.88 Å². The van der Waals surface area contributed by atoms with Crippen molar-refractivity contribution in [1.29, 1.82) is 0 Å². The van der Waals surface area contributed by atoms with Gasteiger partial charge in [0.1, 0.15) is 18.8 Å². The Morgan fingerprint density at radius 3 is 2.67 bits per heavy atom. The van der Waals surface area contributed by atoms with Crippen molar-refractivity contribution < 1.29 is 51.5 Å². The molecule has 0 aliphatic carbocycles. The lowest BCUT2D eigenvalue weighted by Crippen LogP contribution is -2.50. The van der Waals surface area contributed by atoms with Gasteiger partial charge in [0.15, 0.2) is 28.1 Å². The van der Waals surface area contributed by atoms with Crippen molar-refractivity contribution >= 4 is 53.8 Å². The summed E-state index contributed by atoms with van der Waals surface area (Å²) >= 11 is 0.931. The maximum Gasteiger partial charge on any atom is 0.475 e. The van der Waals surface area contributed by atoms with E-state index in [-0.39, 0.29) is 48.2 Å². The van der Waals surface area contributed by atoms with E-state index in [4.69, 9.17) is 38.3 Å². The average molecular weight is 632 g/mol. The predicted octanol–water partition coefficient (Wildman–Crippen LogP) is 2.42. The van der Waals surface area contributed by atoms with Crippen LogP contribution < -0.4 is 10.5 Å². The Bertz CT molecular complexity index is 1400. The fourth-order valence-electron chi connectivity index (χ4n) is 4.48. The van der Waals surface area contributed by atoms with Gasteiger partial charge in [-0.3, -0.25) is 32.5 Å². The van der Waals surface area contributed by atoms with Gasteiger partial charge in [-0.05, 0) is 27.7 Å². The van der Waals surface area contributed by atoms with Crippen LogP contribution in [0.3, 0.4) is 0 Å². The van der Waals surface area contributed by atoms with Gasteiger partial charge in [-0.15, -0.1) is 0 Å². The Morgan fingerprint density at radius 1 is 1.26 bits per heavy atom. The molecule has 0 aromatic carbocycles. The van der Waals surface area contributed by atoms with E-state index < -0.39 is 49.2 Å². The van der Waals surface area contributed by atoms with Crippen molar-refractivity contribution in [3.8, 4) is 5.88 Å². The fourth-order valence-corrected chi connectivity index (χ4v) is 6.87. The third kappa shape index (κ3) is 6.71. The number of anilines is 1. The first-order valence-electron chi connectivity index (χ1n) is 13.0. The van der Waals surface area contributed by atoms with Crippen LogP contribution in [0.15, 0.2) is 6.33 Å². The van der Waals surface area contributed by atoms with Crippen molar-refractivity contribution in [3.63, 3.8) is 0 Å². The number of carbonyl (C=O) groups is 3. The van der Waals surface area contributed by atoms with Crippen LogP contribution in [0.25, 0.3) is 11.2 Å². The molecule has 2 N–H and O–H groups in total. The van der Waals surface area contributed by atoms with E-state index in [1.807, 2.05) is 0 Å². The molecule has 4 rings (SSSR count). The quantitative estimate of drug-likeness (QED) is 0.215. The summed E-state index contributed by atoms with van der Waals surface area (Å²) in [4.78, 5) is 48.6. The second-order valence-corrected chi connectivity index (χ2v) is 13.0. The third-order valence-electron chi connectivity index (χ3n) is 6.40. The largest absolute Gasteiger partial charge is 0.476 e. The Labute approximate surface area is 245 Å². The number of phosphoric ester groups is 1. The second kappa shape index (κ2) is 12.4. The number of nitrogens with zero attached hydrogens (tertiary/aromatic N) is 4. The summed E-state index contributed by atoms with van der Waals surface area (Å²) in [5.74, 6) is -0.900. The van der Waals surface area contributed by atoms with E-state index in [2.05, 4.69) is 15.0 Å². The van der Waals surface area contributed by atoms with Gasteiger partial charge in [0.05, 0.1) is 31.6 Å². The number of rotatable bonds is 11. The summed E-state index contributed by atoms with van der Waals surface area (Å²) in [6.07, 6.45) is -1.52. The standard InChI is InChI=1S/C24H34N5O11PS/c1-7-34-19-16-18(27-22(25)28-19)29(12-26-16)20-24(6,39-14(3)31)17-15(38-20)10-37-41(33,40-17)36-8-9-42-21(32)23(4,5)11-35-13(2)30/h12,15,17,20H,7-11H2,1-6H3,(H2,25,27,28)/t15-,17-,20-,24-,41+/m1/s1. The van der Waals surface area contributed by atoms with Gasteiger partial charge in [-0.1, -0.05) is 11.8 Å². The molecule has 5 atom stereocenters. The zero-order chi connectivity index (χ0) is 30.9. The molecule has 2 aromatic heterocycles. The monoisotopic (exact) mass is 631 g/mol. The first-order chi connectivity index (χ1) is 19.7.